The maximum Gasteiger partial charge on any atom is 0.270 e. The average molecular weight is 497 g/mol. The molecule has 0 bridgehead atoms. The molecular formula is C24H28N6O4S. The van der Waals surface area contributed by atoms with Crippen molar-refractivity contribution in [1.29, 1.82) is 0 Å². The van der Waals surface area contributed by atoms with Crippen LogP contribution in [-0.2, 0) is 0 Å². The Balaban J connectivity index is 1.41. The molecule has 2 aromatic carbocycles. The highest BCUT2D eigenvalue weighted by molar-refractivity contribution is 7.20. The number of nitrogens with zero attached hydrogens (tertiary/aromatic N) is 3. The number of ether oxygens (including phenoxy) is 1. The number of nitrogens with two attached hydrogens (primary N) is 1. The predicted molar refractivity (Wildman–Crippen MR) is 137 cm³/mol. The highest BCUT2D eigenvalue weighted by Crippen LogP contribution is 2.31. The second-order valence-corrected chi connectivity index (χ2v) is 8.97. The van der Waals surface area contributed by atoms with Crippen molar-refractivity contribution in [1.82, 2.24) is 9.88 Å². The number of thiazole rings is 1. The average Bonchev–Trinajstić information content (AvgIpc) is 3.27. The van der Waals surface area contributed by atoms with E-state index in [1.807, 2.05) is 24.3 Å². The number of nitrogens with one attached hydrogen (secondary N) is 2. The molecule has 2 heterocycles. The Hall–Kier alpha value is -3.67. The van der Waals surface area contributed by atoms with Crippen molar-refractivity contribution in [3.8, 4) is 5.75 Å². The molecule has 10 nitrogen and oxygen atoms in total. The van der Waals surface area contributed by atoms with Gasteiger partial charge in [-0.3, -0.25) is 14.5 Å². The zero-order chi connectivity index (χ0) is 24.8. The number of rotatable bonds is 9. The lowest BCUT2D eigenvalue weighted by atomic mass is 10.1. The number of benzene rings is 2. The molecule has 0 radical (unpaired) electrons. The molecule has 5 N–H and O–H groups in total. The van der Waals surface area contributed by atoms with Gasteiger partial charge in [0.2, 0.25) is 0 Å². The zero-order valence-corrected chi connectivity index (χ0v) is 20.2. The third-order valence-electron chi connectivity index (χ3n) is 5.71. The van der Waals surface area contributed by atoms with Crippen molar-refractivity contribution in [2.24, 2.45) is 5.73 Å². The maximum absolute atomic E-state index is 12.9. The number of β-amino-alcohol motifs (C(OH)–C–C–N with tert-alkyl or cyclic N) is 1. The van der Waals surface area contributed by atoms with Crippen LogP contribution in [0, 0.1) is 0 Å². The minimum Gasteiger partial charge on any atom is -0.497 e. The van der Waals surface area contributed by atoms with Crippen LogP contribution in [0.3, 0.4) is 0 Å². The number of anilines is 4. The van der Waals surface area contributed by atoms with E-state index in [2.05, 4.69) is 25.4 Å². The Morgan fingerprint density at radius 1 is 1.09 bits per heavy atom. The van der Waals surface area contributed by atoms with E-state index in [0.29, 0.717) is 17.2 Å². The SMILES string of the molecule is COc1ccc(Nc2nc(C(N)=O)c(NC(=O)c3ccc(N4CCN(CCO)CC4)cc3)s2)cc1. The van der Waals surface area contributed by atoms with Crippen LogP contribution < -0.4 is 26.0 Å². The van der Waals surface area contributed by atoms with Gasteiger partial charge in [-0.1, -0.05) is 11.3 Å². The number of methoxy groups -OCH3 is 1. The van der Waals surface area contributed by atoms with E-state index < -0.39 is 5.91 Å². The van der Waals surface area contributed by atoms with E-state index in [4.69, 9.17) is 15.6 Å². The first kappa shape index (κ1) is 24.5. The molecule has 0 spiro atoms. The van der Waals surface area contributed by atoms with Crippen LogP contribution in [0.5, 0.6) is 5.75 Å². The van der Waals surface area contributed by atoms with Gasteiger partial charge in [-0.05, 0) is 48.5 Å². The van der Waals surface area contributed by atoms with E-state index in [9.17, 15) is 9.59 Å². The number of carbonyl (C=O) groups excluding carboxylic acids is 2. The summed E-state index contributed by atoms with van der Waals surface area (Å²) in [6.07, 6.45) is 0. The Kier molecular flexibility index (Phi) is 7.80. The summed E-state index contributed by atoms with van der Waals surface area (Å²) in [6.45, 7) is 4.35. The highest BCUT2D eigenvalue weighted by Gasteiger charge is 2.20. The lowest BCUT2D eigenvalue weighted by Gasteiger charge is -2.35. The summed E-state index contributed by atoms with van der Waals surface area (Å²) in [5.41, 5.74) is 7.73. The van der Waals surface area contributed by atoms with Gasteiger partial charge >= 0.3 is 0 Å². The van der Waals surface area contributed by atoms with Gasteiger partial charge in [0, 0.05) is 49.7 Å². The van der Waals surface area contributed by atoms with E-state index in [-0.39, 0.29) is 23.2 Å². The number of primary amides is 1. The molecule has 1 aliphatic rings. The largest absolute Gasteiger partial charge is 0.497 e. The topological polar surface area (TPSA) is 133 Å². The second-order valence-electron chi connectivity index (χ2n) is 7.97. The van der Waals surface area contributed by atoms with Gasteiger partial charge in [0.15, 0.2) is 10.8 Å². The van der Waals surface area contributed by atoms with Crippen LogP contribution in [0.15, 0.2) is 48.5 Å². The van der Waals surface area contributed by atoms with Crippen molar-refractivity contribution in [3.63, 3.8) is 0 Å². The molecule has 1 fully saturated rings. The minimum atomic E-state index is -0.727. The summed E-state index contributed by atoms with van der Waals surface area (Å²) in [6, 6.07) is 14.6. The molecule has 1 aliphatic heterocycles. The summed E-state index contributed by atoms with van der Waals surface area (Å²) >= 11 is 1.13. The molecule has 4 rings (SSSR count). The number of hydrogen-bond donors (Lipinski definition) is 4. The molecule has 35 heavy (non-hydrogen) atoms. The third kappa shape index (κ3) is 6.07. The van der Waals surface area contributed by atoms with Crippen LogP contribution in [0.2, 0.25) is 0 Å². The van der Waals surface area contributed by atoms with Gasteiger partial charge in [-0.2, -0.15) is 0 Å². The van der Waals surface area contributed by atoms with Gasteiger partial charge in [-0.15, -0.1) is 0 Å². The van der Waals surface area contributed by atoms with Crippen LogP contribution in [0.25, 0.3) is 0 Å². The molecule has 1 aromatic heterocycles. The molecule has 0 aliphatic carbocycles. The van der Waals surface area contributed by atoms with Crippen LogP contribution in [0.4, 0.5) is 21.5 Å². The van der Waals surface area contributed by atoms with E-state index in [0.717, 1.165) is 54.6 Å². The van der Waals surface area contributed by atoms with Gasteiger partial charge in [0.25, 0.3) is 11.8 Å². The molecule has 0 saturated carbocycles. The van der Waals surface area contributed by atoms with Crippen LogP contribution >= 0.6 is 11.3 Å². The molecule has 0 unspecified atom stereocenters. The lowest BCUT2D eigenvalue weighted by Crippen LogP contribution is -2.47. The standard InChI is InChI=1S/C24H28N6O4S/c1-34-19-8-4-17(5-9-19)26-24-27-20(21(25)32)23(35-24)28-22(33)16-2-6-18(7-3-16)30-12-10-29(11-13-30)14-15-31/h2-9,31H,10-15H2,1H3,(H2,25,32)(H,26,27)(H,28,33). The lowest BCUT2D eigenvalue weighted by molar-refractivity contribution is 0.0997. The maximum atomic E-state index is 12.9. The molecule has 2 amide bonds. The summed E-state index contributed by atoms with van der Waals surface area (Å²) in [5, 5.41) is 15.7. The number of piperazine rings is 1. The van der Waals surface area contributed by atoms with E-state index in [1.165, 1.54) is 0 Å². The molecule has 1 saturated heterocycles. The van der Waals surface area contributed by atoms with Crippen molar-refractivity contribution < 1.29 is 19.4 Å². The number of hydrogen-bond acceptors (Lipinski definition) is 9. The van der Waals surface area contributed by atoms with E-state index in [1.54, 1.807) is 31.4 Å². The molecule has 11 heteroatoms. The fraction of sp³-hybridized carbons (Fsp3) is 0.292. The Bertz CT molecular complexity index is 1160. The van der Waals surface area contributed by atoms with Crippen molar-refractivity contribution in [2.45, 2.75) is 0 Å². The van der Waals surface area contributed by atoms with Crippen molar-refractivity contribution in [3.05, 3.63) is 59.8 Å². The smallest absolute Gasteiger partial charge is 0.270 e. The third-order valence-corrected chi connectivity index (χ3v) is 6.60. The van der Waals surface area contributed by atoms with Gasteiger partial charge in [-0.25, -0.2) is 4.98 Å². The number of aliphatic hydroxyl groups is 1. The summed E-state index contributed by atoms with van der Waals surface area (Å²) in [7, 11) is 1.59. The number of aliphatic hydroxyl groups excluding tert-OH is 1. The van der Waals surface area contributed by atoms with Gasteiger partial charge in [0.05, 0.1) is 13.7 Å². The van der Waals surface area contributed by atoms with E-state index >= 15 is 0 Å². The number of aromatic nitrogens is 1. The first-order valence-corrected chi connectivity index (χ1v) is 12.0. The summed E-state index contributed by atoms with van der Waals surface area (Å²) < 4.78 is 5.15. The number of amides is 2. The Morgan fingerprint density at radius 2 is 1.77 bits per heavy atom. The van der Waals surface area contributed by atoms with Crippen LogP contribution in [0.1, 0.15) is 20.8 Å². The Morgan fingerprint density at radius 3 is 2.37 bits per heavy atom. The van der Waals surface area contributed by atoms with Gasteiger partial charge < -0.3 is 31.1 Å². The second kappa shape index (κ2) is 11.2. The monoisotopic (exact) mass is 496 g/mol. The molecule has 3 aromatic rings. The minimum absolute atomic E-state index is 0.00303. The van der Waals surface area contributed by atoms with Crippen molar-refractivity contribution in [2.75, 3.05) is 62.0 Å². The first-order valence-electron chi connectivity index (χ1n) is 11.2. The first-order chi connectivity index (χ1) is 17.0. The summed E-state index contributed by atoms with van der Waals surface area (Å²) in [5.74, 6) is -0.364. The normalized spacial score (nSPS) is 13.9. The Labute approximate surface area is 207 Å². The predicted octanol–water partition coefficient (Wildman–Crippen LogP) is 2.36. The van der Waals surface area contributed by atoms with Crippen molar-refractivity contribution >= 4 is 44.7 Å². The number of carbonyl (C=O) groups is 2. The fourth-order valence-corrected chi connectivity index (χ4v) is 4.68. The molecule has 0 atom stereocenters. The molecule has 184 valence electrons. The molecular weight excluding hydrogens is 468 g/mol. The van der Waals surface area contributed by atoms with Crippen LogP contribution in [-0.4, -0.2) is 73.2 Å². The zero-order valence-electron chi connectivity index (χ0n) is 19.4. The van der Waals surface area contributed by atoms with Gasteiger partial charge in [0.1, 0.15) is 10.8 Å². The highest BCUT2D eigenvalue weighted by atomic mass is 32.1. The fourth-order valence-electron chi connectivity index (χ4n) is 3.79. The quantitative estimate of drug-likeness (QED) is 0.355. The summed E-state index contributed by atoms with van der Waals surface area (Å²) in [4.78, 5) is 33.5.